The van der Waals surface area contributed by atoms with E-state index in [0.29, 0.717) is 19.4 Å². The fourth-order valence-corrected chi connectivity index (χ4v) is 2.46. The van der Waals surface area contributed by atoms with Crippen molar-refractivity contribution in [1.82, 2.24) is 10.3 Å². The largest absolute Gasteiger partial charge is 0.356 e. The average Bonchev–Trinajstić information content (AvgIpc) is 2.57. The topological polar surface area (TPSA) is 42.0 Å². The fraction of sp³-hybridized carbons (Fsp3) is 0.368. The van der Waals surface area contributed by atoms with Crippen LogP contribution in [0.15, 0.2) is 48.8 Å². The van der Waals surface area contributed by atoms with Crippen LogP contribution >= 0.6 is 0 Å². The van der Waals surface area contributed by atoms with Gasteiger partial charge in [0, 0.05) is 25.4 Å². The molecule has 1 N–H and O–H groups in total. The number of benzene rings is 1. The highest BCUT2D eigenvalue weighted by Crippen LogP contribution is 2.09. The Balaban J connectivity index is 1.52. The van der Waals surface area contributed by atoms with Crippen LogP contribution in [0.2, 0.25) is 0 Å². The highest BCUT2D eigenvalue weighted by atomic mass is 19.1. The van der Waals surface area contributed by atoms with E-state index in [1.807, 2.05) is 30.5 Å². The maximum Gasteiger partial charge on any atom is 0.220 e. The summed E-state index contributed by atoms with van der Waals surface area (Å²) in [4.78, 5) is 15.8. The van der Waals surface area contributed by atoms with Gasteiger partial charge in [-0.05, 0) is 55.4 Å². The van der Waals surface area contributed by atoms with Crippen molar-refractivity contribution in [2.45, 2.75) is 38.5 Å². The molecule has 23 heavy (non-hydrogen) atoms. The third-order valence-electron chi connectivity index (χ3n) is 3.74. The molecular formula is C19H23FN2O. The summed E-state index contributed by atoms with van der Waals surface area (Å²) in [5.41, 5.74) is 1.90. The van der Waals surface area contributed by atoms with Crippen molar-refractivity contribution < 1.29 is 9.18 Å². The summed E-state index contributed by atoms with van der Waals surface area (Å²) >= 11 is 0. The quantitative estimate of drug-likeness (QED) is 0.717. The molecule has 0 bridgehead atoms. The lowest BCUT2D eigenvalue weighted by molar-refractivity contribution is -0.121. The van der Waals surface area contributed by atoms with Crippen LogP contribution in [0.3, 0.4) is 0 Å². The maximum atomic E-state index is 13.4. The number of rotatable bonds is 9. The van der Waals surface area contributed by atoms with E-state index in [2.05, 4.69) is 10.3 Å². The molecule has 0 atom stereocenters. The van der Waals surface area contributed by atoms with Gasteiger partial charge in [-0.1, -0.05) is 24.3 Å². The number of hydrogen-bond donors (Lipinski definition) is 1. The molecular weight excluding hydrogens is 291 g/mol. The first kappa shape index (κ1) is 17.1. The van der Waals surface area contributed by atoms with Crippen molar-refractivity contribution in [3.63, 3.8) is 0 Å². The number of unbranched alkanes of at least 4 members (excludes halogenated alkanes) is 1. The van der Waals surface area contributed by atoms with Gasteiger partial charge >= 0.3 is 0 Å². The molecule has 0 radical (unpaired) electrons. The summed E-state index contributed by atoms with van der Waals surface area (Å²) in [7, 11) is 0. The zero-order chi connectivity index (χ0) is 16.3. The van der Waals surface area contributed by atoms with Crippen LogP contribution in [-0.4, -0.2) is 17.4 Å². The van der Waals surface area contributed by atoms with Crippen molar-refractivity contribution in [3.8, 4) is 0 Å². The van der Waals surface area contributed by atoms with Crippen molar-refractivity contribution in [3.05, 3.63) is 65.7 Å². The summed E-state index contributed by atoms with van der Waals surface area (Å²) in [5.74, 6) is -0.0632. The van der Waals surface area contributed by atoms with Crippen LogP contribution in [0.25, 0.3) is 0 Å². The van der Waals surface area contributed by atoms with Crippen molar-refractivity contribution in [1.29, 1.82) is 0 Å². The fourth-order valence-electron chi connectivity index (χ4n) is 2.46. The summed E-state index contributed by atoms with van der Waals surface area (Å²) in [5, 5.41) is 2.92. The van der Waals surface area contributed by atoms with Crippen LogP contribution in [0.4, 0.5) is 4.39 Å². The van der Waals surface area contributed by atoms with E-state index in [0.717, 1.165) is 36.8 Å². The zero-order valence-corrected chi connectivity index (χ0v) is 13.3. The number of aryl methyl sites for hydroxylation is 2. The Labute approximate surface area is 137 Å². The summed E-state index contributed by atoms with van der Waals surface area (Å²) in [6, 6.07) is 10.8. The monoisotopic (exact) mass is 314 g/mol. The van der Waals surface area contributed by atoms with E-state index in [-0.39, 0.29) is 11.7 Å². The number of aromatic nitrogens is 1. The second kappa shape index (κ2) is 9.72. The van der Waals surface area contributed by atoms with E-state index in [1.54, 1.807) is 12.3 Å². The highest BCUT2D eigenvalue weighted by molar-refractivity contribution is 5.75. The van der Waals surface area contributed by atoms with Gasteiger partial charge in [0.1, 0.15) is 5.82 Å². The van der Waals surface area contributed by atoms with Gasteiger partial charge in [0.25, 0.3) is 0 Å². The number of carbonyl (C=O) groups excluding carboxylic acids is 1. The van der Waals surface area contributed by atoms with Gasteiger partial charge in [0.05, 0.1) is 0 Å². The lowest BCUT2D eigenvalue weighted by Crippen LogP contribution is -2.24. The van der Waals surface area contributed by atoms with Gasteiger partial charge in [0.15, 0.2) is 0 Å². The number of nitrogens with one attached hydrogen (secondary N) is 1. The summed E-state index contributed by atoms with van der Waals surface area (Å²) in [6.45, 7) is 0.653. The molecule has 0 aliphatic carbocycles. The smallest absolute Gasteiger partial charge is 0.220 e. The molecule has 3 nitrogen and oxygen atoms in total. The Bertz CT molecular complexity index is 601. The lowest BCUT2D eigenvalue weighted by Gasteiger charge is -2.06. The highest BCUT2D eigenvalue weighted by Gasteiger charge is 2.03. The molecule has 1 heterocycles. The van der Waals surface area contributed by atoms with E-state index in [1.165, 1.54) is 6.07 Å². The molecule has 0 unspecified atom stereocenters. The number of amides is 1. The van der Waals surface area contributed by atoms with E-state index in [9.17, 15) is 9.18 Å². The molecule has 0 saturated heterocycles. The SMILES string of the molecule is O=C(CCCc1cccnc1)NCCCCc1ccccc1F. The standard InChI is InChI=1S/C19H23FN2O/c20-18-11-2-1-9-17(18)10-3-4-14-22-19(23)12-5-7-16-8-6-13-21-15-16/h1-2,6,8-9,11,13,15H,3-5,7,10,12,14H2,(H,22,23). The summed E-state index contributed by atoms with van der Waals surface area (Å²) in [6.07, 6.45) is 8.25. The molecule has 1 aromatic heterocycles. The van der Waals surface area contributed by atoms with Crippen LogP contribution in [-0.2, 0) is 17.6 Å². The van der Waals surface area contributed by atoms with Crippen molar-refractivity contribution >= 4 is 5.91 Å². The average molecular weight is 314 g/mol. The molecule has 1 aromatic carbocycles. The maximum absolute atomic E-state index is 13.4. The number of hydrogen-bond acceptors (Lipinski definition) is 2. The van der Waals surface area contributed by atoms with Gasteiger partial charge in [-0.2, -0.15) is 0 Å². The van der Waals surface area contributed by atoms with Crippen LogP contribution < -0.4 is 5.32 Å². The molecule has 0 spiro atoms. The van der Waals surface area contributed by atoms with Gasteiger partial charge in [-0.15, -0.1) is 0 Å². The minimum absolute atomic E-state index is 0.0831. The van der Waals surface area contributed by atoms with Crippen LogP contribution in [0.5, 0.6) is 0 Å². The zero-order valence-electron chi connectivity index (χ0n) is 13.3. The molecule has 122 valence electrons. The molecule has 1 amide bonds. The van der Waals surface area contributed by atoms with Gasteiger partial charge in [0.2, 0.25) is 5.91 Å². The predicted molar refractivity (Wildman–Crippen MR) is 89.5 cm³/mol. The Hall–Kier alpha value is -2.23. The van der Waals surface area contributed by atoms with Crippen molar-refractivity contribution in [2.75, 3.05) is 6.54 Å². The van der Waals surface area contributed by atoms with Gasteiger partial charge < -0.3 is 5.32 Å². The predicted octanol–water partition coefficient (Wildman–Crippen LogP) is 3.68. The first-order valence-corrected chi connectivity index (χ1v) is 8.15. The Morgan fingerprint density at radius 1 is 1.04 bits per heavy atom. The van der Waals surface area contributed by atoms with Crippen molar-refractivity contribution in [2.24, 2.45) is 0 Å². The minimum Gasteiger partial charge on any atom is -0.356 e. The second-order valence-electron chi connectivity index (χ2n) is 5.61. The Kier molecular flexibility index (Phi) is 7.24. The minimum atomic E-state index is -0.146. The van der Waals surface area contributed by atoms with E-state index < -0.39 is 0 Å². The molecule has 0 aliphatic rings. The first-order chi connectivity index (χ1) is 11.3. The molecule has 2 aromatic rings. The first-order valence-electron chi connectivity index (χ1n) is 8.15. The summed E-state index contributed by atoms with van der Waals surface area (Å²) < 4.78 is 13.4. The molecule has 2 rings (SSSR count). The molecule has 4 heteroatoms. The van der Waals surface area contributed by atoms with E-state index >= 15 is 0 Å². The van der Waals surface area contributed by atoms with Gasteiger partial charge in [-0.25, -0.2) is 4.39 Å². The van der Waals surface area contributed by atoms with E-state index in [4.69, 9.17) is 0 Å². The third kappa shape index (κ3) is 6.59. The Morgan fingerprint density at radius 3 is 2.70 bits per heavy atom. The third-order valence-corrected chi connectivity index (χ3v) is 3.74. The normalized spacial score (nSPS) is 10.5. The Morgan fingerprint density at radius 2 is 1.91 bits per heavy atom. The number of pyridine rings is 1. The van der Waals surface area contributed by atoms with Gasteiger partial charge in [-0.3, -0.25) is 9.78 Å². The lowest BCUT2D eigenvalue weighted by atomic mass is 10.1. The molecule has 0 fully saturated rings. The number of halogens is 1. The number of carbonyl (C=O) groups is 1. The number of nitrogens with zero attached hydrogens (tertiary/aromatic N) is 1. The van der Waals surface area contributed by atoms with Crippen LogP contribution in [0, 0.1) is 5.82 Å². The second-order valence-corrected chi connectivity index (χ2v) is 5.61. The van der Waals surface area contributed by atoms with Crippen LogP contribution in [0.1, 0.15) is 36.8 Å². The molecule has 0 saturated carbocycles. The molecule has 0 aliphatic heterocycles.